The van der Waals surface area contributed by atoms with E-state index in [4.69, 9.17) is 21.9 Å². The number of nitrogens with two attached hydrogens (primary N) is 1. The summed E-state index contributed by atoms with van der Waals surface area (Å²) in [5, 5.41) is 16.8. The number of anilines is 2. The summed E-state index contributed by atoms with van der Waals surface area (Å²) < 4.78 is 4.79. The summed E-state index contributed by atoms with van der Waals surface area (Å²) in [4.78, 5) is 22.1. The lowest BCUT2D eigenvalue weighted by Crippen LogP contribution is -2.13. The van der Waals surface area contributed by atoms with Gasteiger partial charge in [-0.25, -0.2) is 0 Å². The van der Waals surface area contributed by atoms with Gasteiger partial charge >= 0.3 is 0 Å². The summed E-state index contributed by atoms with van der Waals surface area (Å²) in [5.41, 5.74) is 4.85. The van der Waals surface area contributed by atoms with Crippen LogP contribution in [0.15, 0.2) is 22.7 Å². The molecule has 0 unspecified atom stereocenters. The maximum Gasteiger partial charge on any atom is 0.294 e. The zero-order valence-electron chi connectivity index (χ0n) is 10.2. The van der Waals surface area contributed by atoms with E-state index in [1.807, 2.05) is 0 Å². The van der Waals surface area contributed by atoms with E-state index < -0.39 is 16.5 Å². The number of nitrogens with zero attached hydrogens (tertiary/aromatic N) is 2. The van der Waals surface area contributed by atoms with Gasteiger partial charge in [0.1, 0.15) is 11.4 Å². The van der Waals surface area contributed by atoms with Gasteiger partial charge < -0.3 is 15.6 Å². The number of nitro groups is 1. The third kappa shape index (κ3) is 2.69. The van der Waals surface area contributed by atoms with E-state index in [9.17, 15) is 14.9 Å². The lowest BCUT2D eigenvalue weighted by Gasteiger charge is -2.05. The van der Waals surface area contributed by atoms with Gasteiger partial charge in [-0.15, -0.1) is 0 Å². The quantitative estimate of drug-likeness (QED) is 0.509. The van der Waals surface area contributed by atoms with Crippen LogP contribution in [0, 0.1) is 17.0 Å². The molecular formula is C11H9ClN4O4. The van der Waals surface area contributed by atoms with Crippen molar-refractivity contribution in [2.75, 3.05) is 11.1 Å². The number of carbonyl (C=O) groups is 1. The van der Waals surface area contributed by atoms with Crippen LogP contribution in [0.2, 0.25) is 5.02 Å². The zero-order chi connectivity index (χ0) is 14.9. The molecule has 20 heavy (non-hydrogen) atoms. The summed E-state index contributed by atoms with van der Waals surface area (Å²) in [7, 11) is 0. The molecule has 0 fully saturated rings. The molecule has 0 saturated heterocycles. The molecule has 0 aliphatic rings. The maximum atomic E-state index is 11.9. The van der Waals surface area contributed by atoms with Gasteiger partial charge in [0.05, 0.1) is 9.95 Å². The fourth-order valence-corrected chi connectivity index (χ4v) is 1.71. The molecule has 0 aliphatic heterocycles. The van der Waals surface area contributed by atoms with Crippen LogP contribution in [0.3, 0.4) is 0 Å². The third-order valence-corrected chi connectivity index (χ3v) is 2.75. The van der Waals surface area contributed by atoms with Crippen LogP contribution in [0.5, 0.6) is 0 Å². The Morgan fingerprint density at radius 2 is 2.20 bits per heavy atom. The first-order valence-corrected chi connectivity index (χ1v) is 5.74. The number of rotatable bonds is 3. The molecular weight excluding hydrogens is 288 g/mol. The Hall–Kier alpha value is -2.61. The van der Waals surface area contributed by atoms with Crippen molar-refractivity contribution in [2.24, 2.45) is 0 Å². The highest BCUT2D eigenvalue weighted by Crippen LogP contribution is 2.31. The monoisotopic (exact) mass is 296 g/mol. The van der Waals surface area contributed by atoms with Crippen LogP contribution in [0.1, 0.15) is 16.1 Å². The first-order chi connectivity index (χ1) is 9.38. The molecule has 0 spiro atoms. The van der Waals surface area contributed by atoms with Gasteiger partial charge in [-0.1, -0.05) is 16.8 Å². The van der Waals surface area contributed by atoms with Gasteiger partial charge in [0.25, 0.3) is 11.6 Å². The number of aryl methyl sites for hydroxylation is 1. The van der Waals surface area contributed by atoms with Gasteiger partial charge in [0.15, 0.2) is 5.82 Å². The van der Waals surface area contributed by atoms with E-state index in [1.165, 1.54) is 12.1 Å². The molecule has 0 bridgehead atoms. The Morgan fingerprint density at radius 3 is 2.75 bits per heavy atom. The van der Waals surface area contributed by atoms with E-state index in [2.05, 4.69) is 10.5 Å². The van der Waals surface area contributed by atoms with Crippen LogP contribution < -0.4 is 11.1 Å². The Balaban J connectivity index is 2.32. The molecule has 2 aromatic rings. The highest BCUT2D eigenvalue weighted by molar-refractivity contribution is 6.34. The molecule has 2 rings (SSSR count). The zero-order valence-corrected chi connectivity index (χ0v) is 11.0. The van der Waals surface area contributed by atoms with Gasteiger partial charge in [0.2, 0.25) is 0 Å². The summed E-state index contributed by atoms with van der Waals surface area (Å²) in [6.45, 7) is 1.66. The molecule has 0 aliphatic carbocycles. The largest absolute Gasteiger partial charge is 0.392 e. The number of halogens is 1. The van der Waals surface area contributed by atoms with Crippen LogP contribution in [-0.2, 0) is 0 Å². The predicted molar refractivity (Wildman–Crippen MR) is 71.7 cm³/mol. The summed E-state index contributed by atoms with van der Waals surface area (Å²) >= 11 is 5.77. The summed E-state index contributed by atoms with van der Waals surface area (Å²) in [6, 6.07) is 3.79. The molecule has 1 aromatic carbocycles. The molecule has 0 saturated carbocycles. The van der Waals surface area contributed by atoms with Gasteiger partial charge in [-0.05, 0) is 13.0 Å². The lowest BCUT2D eigenvalue weighted by molar-refractivity contribution is -0.383. The molecule has 1 amide bonds. The van der Waals surface area contributed by atoms with E-state index in [0.717, 1.165) is 6.07 Å². The van der Waals surface area contributed by atoms with Crippen LogP contribution in [0.25, 0.3) is 0 Å². The van der Waals surface area contributed by atoms with Gasteiger partial charge in [0, 0.05) is 17.7 Å². The minimum absolute atomic E-state index is 0.00319. The first kappa shape index (κ1) is 13.8. The van der Waals surface area contributed by atoms with Crippen molar-refractivity contribution in [1.29, 1.82) is 0 Å². The Kier molecular flexibility index (Phi) is 3.57. The summed E-state index contributed by atoms with van der Waals surface area (Å²) in [6.07, 6.45) is 0. The van der Waals surface area contributed by atoms with Gasteiger partial charge in [-0.2, -0.15) is 0 Å². The van der Waals surface area contributed by atoms with Crippen LogP contribution in [0.4, 0.5) is 17.2 Å². The van der Waals surface area contributed by atoms with Crippen molar-refractivity contribution >= 4 is 34.7 Å². The van der Waals surface area contributed by atoms with E-state index in [0.29, 0.717) is 5.76 Å². The first-order valence-electron chi connectivity index (χ1n) is 5.36. The Labute approximate surface area is 117 Å². The Morgan fingerprint density at radius 1 is 1.50 bits per heavy atom. The molecule has 9 heteroatoms. The average Bonchev–Trinajstić information content (AvgIpc) is 2.77. The second kappa shape index (κ2) is 5.17. The number of nitro benzene ring substituents is 1. The highest BCUT2D eigenvalue weighted by Gasteiger charge is 2.20. The molecule has 0 radical (unpaired) electrons. The molecule has 0 atom stereocenters. The number of hydrogen-bond acceptors (Lipinski definition) is 6. The van der Waals surface area contributed by atoms with Crippen LogP contribution in [-0.4, -0.2) is 16.0 Å². The minimum atomic E-state index is -0.710. The van der Waals surface area contributed by atoms with Crippen LogP contribution >= 0.6 is 11.6 Å². The smallest absolute Gasteiger partial charge is 0.294 e. The van der Waals surface area contributed by atoms with Crippen molar-refractivity contribution < 1.29 is 14.2 Å². The number of aromatic nitrogens is 1. The number of amides is 1. The normalized spacial score (nSPS) is 10.3. The second-order valence-electron chi connectivity index (χ2n) is 3.92. The molecule has 104 valence electrons. The van der Waals surface area contributed by atoms with Crippen molar-refractivity contribution in [1.82, 2.24) is 5.16 Å². The van der Waals surface area contributed by atoms with E-state index >= 15 is 0 Å². The summed E-state index contributed by atoms with van der Waals surface area (Å²) in [5.74, 6) is 0.105. The maximum absolute atomic E-state index is 11.9. The number of carbonyl (C=O) groups excluding carboxylic acids is 1. The highest BCUT2D eigenvalue weighted by atomic mass is 35.5. The van der Waals surface area contributed by atoms with Crippen molar-refractivity contribution in [3.63, 3.8) is 0 Å². The third-order valence-electron chi connectivity index (χ3n) is 2.44. The van der Waals surface area contributed by atoms with Crippen molar-refractivity contribution in [2.45, 2.75) is 6.92 Å². The average molecular weight is 297 g/mol. The van der Waals surface area contributed by atoms with Gasteiger partial charge in [-0.3, -0.25) is 14.9 Å². The minimum Gasteiger partial charge on any atom is -0.392 e. The SMILES string of the molecule is Cc1cc(NC(=O)c2cc(Cl)c(N)c([N+](=O)[O-])c2)no1. The molecule has 3 N–H and O–H groups in total. The lowest BCUT2D eigenvalue weighted by atomic mass is 10.1. The van der Waals surface area contributed by atoms with Crippen molar-refractivity contribution in [3.8, 4) is 0 Å². The number of hydrogen-bond donors (Lipinski definition) is 2. The number of nitrogens with one attached hydrogen (secondary N) is 1. The number of benzene rings is 1. The topological polar surface area (TPSA) is 124 Å². The number of nitrogen functional groups attached to an aromatic ring is 1. The van der Waals surface area contributed by atoms with E-state index in [-0.39, 0.29) is 22.1 Å². The van der Waals surface area contributed by atoms with E-state index in [1.54, 1.807) is 6.92 Å². The Bertz CT molecular complexity index is 698. The predicted octanol–water partition coefficient (Wildman–Crippen LogP) is 2.38. The standard InChI is InChI=1S/C11H9ClN4O4/c1-5-2-9(15-20-5)14-11(17)6-3-7(12)10(13)8(4-6)16(18)19/h2-4H,13H2,1H3,(H,14,15,17). The second-order valence-corrected chi connectivity index (χ2v) is 4.33. The van der Waals surface area contributed by atoms with Crippen molar-refractivity contribution in [3.05, 3.63) is 44.7 Å². The molecule has 8 nitrogen and oxygen atoms in total. The fourth-order valence-electron chi connectivity index (χ4n) is 1.50. The fraction of sp³-hybridized carbons (Fsp3) is 0.0909. The molecule has 1 aromatic heterocycles. The molecule has 1 heterocycles.